The highest BCUT2D eigenvalue weighted by molar-refractivity contribution is 7.20. The van der Waals surface area contributed by atoms with Crippen LogP contribution >= 0.6 is 11.3 Å². The summed E-state index contributed by atoms with van der Waals surface area (Å²) in [5.41, 5.74) is 1.68. The minimum atomic E-state index is -0.287. The van der Waals surface area contributed by atoms with Crippen molar-refractivity contribution in [1.29, 1.82) is 0 Å². The lowest BCUT2D eigenvalue weighted by Gasteiger charge is -2.09. The predicted octanol–water partition coefficient (Wildman–Crippen LogP) is 3.82. The SMILES string of the molecule is COc1cccc(OCC(=O)Nc2cc(C)nn2-c2nc3ccccc3s2)c1. The Balaban J connectivity index is 1.49. The number of aryl methyl sites for hydroxylation is 1. The van der Waals surface area contributed by atoms with Gasteiger partial charge in [0.05, 0.1) is 23.0 Å². The molecule has 2 heterocycles. The highest BCUT2D eigenvalue weighted by atomic mass is 32.1. The van der Waals surface area contributed by atoms with Crippen molar-refractivity contribution in [3.63, 3.8) is 0 Å². The van der Waals surface area contributed by atoms with Gasteiger partial charge in [0, 0.05) is 12.1 Å². The molecular formula is C20H18N4O3S. The normalized spacial score (nSPS) is 10.8. The van der Waals surface area contributed by atoms with E-state index in [0.29, 0.717) is 22.4 Å². The van der Waals surface area contributed by atoms with E-state index < -0.39 is 0 Å². The Kier molecular flexibility index (Phi) is 4.94. The van der Waals surface area contributed by atoms with E-state index in [1.807, 2.05) is 37.3 Å². The van der Waals surface area contributed by atoms with Gasteiger partial charge in [0.2, 0.25) is 5.13 Å². The summed E-state index contributed by atoms with van der Waals surface area (Å²) in [6.07, 6.45) is 0. The lowest BCUT2D eigenvalue weighted by atomic mass is 10.3. The molecule has 2 aromatic carbocycles. The number of hydrogen-bond donors (Lipinski definition) is 1. The molecule has 1 N–H and O–H groups in total. The molecule has 0 aliphatic rings. The van der Waals surface area contributed by atoms with Gasteiger partial charge in [-0.3, -0.25) is 4.79 Å². The summed E-state index contributed by atoms with van der Waals surface area (Å²) in [4.78, 5) is 17.0. The van der Waals surface area contributed by atoms with Crippen LogP contribution in [-0.4, -0.2) is 34.4 Å². The number of nitrogens with one attached hydrogen (secondary N) is 1. The molecule has 142 valence electrons. The van der Waals surface area contributed by atoms with Crippen molar-refractivity contribution in [2.24, 2.45) is 0 Å². The maximum absolute atomic E-state index is 12.4. The molecule has 0 saturated carbocycles. The number of fused-ring (bicyclic) bond motifs is 1. The van der Waals surface area contributed by atoms with Crippen LogP contribution in [0.1, 0.15) is 5.69 Å². The molecule has 1 amide bonds. The lowest BCUT2D eigenvalue weighted by molar-refractivity contribution is -0.118. The number of nitrogens with zero attached hydrogens (tertiary/aromatic N) is 3. The van der Waals surface area contributed by atoms with Crippen LogP contribution in [-0.2, 0) is 4.79 Å². The molecule has 2 aromatic heterocycles. The summed E-state index contributed by atoms with van der Waals surface area (Å²) in [6, 6.07) is 16.8. The van der Waals surface area contributed by atoms with Crippen LogP contribution in [0.25, 0.3) is 15.3 Å². The second-order valence-corrected chi connectivity index (χ2v) is 7.07. The standard InChI is InChI=1S/C20H18N4O3S/c1-13-10-18(22-19(25)12-27-15-7-5-6-14(11-15)26-2)24(23-13)20-21-16-8-3-4-9-17(16)28-20/h3-11H,12H2,1-2H3,(H,22,25). The third-order valence-electron chi connectivity index (χ3n) is 3.97. The predicted molar refractivity (Wildman–Crippen MR) is 109 cm³/mol. The molecule has 0 spiro atoms. The molecule has 28 heavy (non-hydrogen) atoms. The molecule has 7 nitrogen and oxygen atoms in total. The average molecular weight is 394 g/mol. The van der Waals surface area contributed by atoms with Crippen LogP contribution in [0.3, 0.4) is 0 Å². The minimum absolute atomic E-state index is 0.128. The summed E-state index contributed by atoms with van der Waals surface area (Å²) in [5.74, 6) is 1.49. The largest absolute Gasteiger partial charge is 0.497 e. The van der Waals surface area contributed by atoms with Gasteiger partial charge in [-0.1, -0.05) is 29.5 Å². The third kappa shape index (κ3) is 3.81. The van der Waals surface area contributed by atoms with Crippen LogP contribution in [0.15, 0.2) is 54.6 Å². The van der Waals surface area contributed by atoms with E-state index in [9.17, 15) is 4.79 Å². The summed E-state index contributed by atoms with van der Waals surface area (Å²) in [5, 5.41) is 8.00. The van der Waals surface area contributed by atoms with Crippen molar-refractivity contribution in [1.82, 2.24) is 14.8 Å². The van der Waals surface area contributed by atoms with Crippen molar-refractivity contribution in [3.05, 3.63) is 60.3 Å². The quantitative estimate of drug-likeness (QED) is 0.538. The van der Waals surface area contributed by atoms with Crippen LogP contribution < -0.4 is 14.8 Å². The van der Waals surface area contributed by atoms with Gasteiger partial charge in [-0.2, -0.15) is 9.78 Å². The molecular weight excluding hydrogens is 376 g/mol. The van der Waals surface area contributed by atoms with Gasteiger partial charge in [0.25, 0.3) is 5.91 Å². The molecule has 0 aliphatic carbocycles. The zero-order valence-corrected chi connectivity index (χ0v) is 16.2. The number of hydrogen-bond acceptors (Lipinski definition) is 6. The molecule has 4 aromatic rings. The fourth-order valence-corrected chi connectivity index (χ4v) is 3.63. The van der Waals surface area contributed by atoms with E-state index in [1.165, 1.54) is 11.3 Å². The Morgan fingerprint density at radius 1 is 1.14 bits per heavy atom. The first-order valence-electron chi connectivity index (χ1n) is 8.62. The van der Waals surface area contributed by atoms with Crippen LogP contribution in [0.4, 0.5) is 5.82 Å². The van der Waals surface area contributed by atoms with E-state index in [2.05, 4.69) is 15.4 Å². The summed E-state index contributed by atoms with van der Waals surface area (Å²) >= 11 is 1.51. The molecule has 0 aliphatic heterocycles. The summed E-state index contributed by atoms with van der Waals surface area (Å²) in [7, 11) is 1.58. The number of anilines is 1. The van der Waals surface area contributed by atoms with Crippen molar-refractivity contribution < 1.29 is 14.3 Å². The second-order valence-electron chi connectivity index (χ2n) is 6.06. The van der Waals surface area contributed by atoms with Crippen molar-refractivity contribution in [2.75, 3.05) is 19.0 Å². The maximum atomic E-state index is 12.4. The number of ether oxygens (including phenoxy) is 2. The Labute approximate surface area is 165 Å². The molecule has 0 unspecified atom stereocenters. The number of rotatable bonds is 6. The number of thiazole rings is 1. The fourth-order valence-electron chi connectivity index (χ4n) is 2.70. The highest BCUT2D eigenvalue weighted by Gasteiger charge is 2.15. The fraction of sp³-hybridized carbons (Fsp3) is 0.150. The number of para-hydroxylation sites is 1. The van der Waals surface area contributed by atoms with Crippen molar-refractivity contribution >= 4 is 33.3 Å². The van der Waals surface area contributed by atoms with E-state index in [1.54, 1.807) is 36.1 Å². The second kappa shape index (κ2) is 7.69. The van der Waals surface area contributed by atoms with E-state index in [0.717, 1.165) is 15.9 Å². The smallest absolute Gasteiger partial charge is 0.263 e. The monoisotopic (exact) mass is 394 g/mol. The molecule has 0 atom stereocenters. The molecule has 4 rings (SSSR count). The number of benzene rings is 2. The first kappa shape index (κ1) is 18.0. The third-order valence-corrected chi connectivity index (χ3v) is 4.99. The van der Waals surface area contributed by atoms with Crippen LogP contribution in [0, 0.1) is 6.92 Å². The Hall–Kier alpha value is -3.39. The summed E-state index contributed by atoms with van der Waals surface area (Å²) in [6.45, 7) is 1.74. The van der Waals surface area contributed by atoms with Gasteiger partial charge < -0.3 is 14.8 Å². The highest BCUT2D eigenvalue weighted by Crippen LogP contribution is 2.27. The maximum Gasteiger partial charge on any atom is 0.263 e. The van der Waals surface area contributed by atoms with E-state index in [-0.39, 0.29) is 12.5 Å². The first-order valence-corrected chi connectivity index (χ1v) is 9.43. The number of amides is 1. The van der Waals surface area contributed by atoms with E-state index in [4.69, 9.17) is 9.47 Å². The van der Waals surface area contributed by atoms with Gasteiger partial charge in [-0.25, -0.2) is 4.98 Å². The first-order chi connectivity index (χ1) is 13.6. The number of aromatic nitrogens is 3. The van der Waals surface area contributed by atoms with Gasteiger partial charge in [-0.05, 0) is 31.2 Å². The molecule has 0 fully saturated rings. The van der Waals surface area contributed by atoms with Crippen LogP contribution in [0.5, 0.6) is 11.5 Å². The number of carbonyl (C=O) groups is 1. The van der Waals surface area contributed by atoms with Gasteiger partial charge in [0.1, 0.15) is 17.3 Å². The average Bonchev–Trinajstić information content (AvgIpc) is 3.29. The minimum Gasteiger partial charge on any atom is -0.497 e. The van der Waals surface area contributed by atoms with Crippen molar-refractivity contribution in [3.8, 4) is 16.6 Å². The number of methoxy groups -OCH3 is 1. The summed E-state index contributed by atoms with van der Waals surface area (Å²) < 4.78 is 13.4. The lowest BCUT2D eigenvalue weighted by Crippen LogP contribution is -2.21. The van der Waals surface area contributed by atoms with E-state index >= 15 is 0 Å². The Morgan fingerprint density at radius 2 is 1.96 bits per heavy atom. The van der Waals surface area contributed by atoms with Gasteiger partial charge >= 0.3 is 0 Å². The molecule has 0 radical (unpaired) electrons. The zero-order valence-electron chi connectivity index (χ0n) is 15.4. The van der Waals surface area contributed by atoms with Crippen LogP contribution in [0.2, 0.25) is 0 Å². The van der Waals surface area contributed by atoms with Gasteiger partial charge in [-0.15, -0.1) is 0 Å². The van der Waals surface area contributed by atoms with Crippen molar-refractivity contribution in [2.45, 2.75) is 6.92 Å². The topological polar surface area (TPSA) is 78.3 Å². The Morgan fingerprint density at radius 3 is 2.79 bits per heavy atom. The number of carbonyl (C=O) groups excluding carboxylic acids is 1. The molecule has 0 saturated heterocycles. The molecule has 0 bridgehead atoms. The Bertz CT molecular complexity index is 1100. The molecule has 8 heteroatoms. The van der Waals surface area contributed by atoms with Gasteiger partial charge in [0.15, 0.2) is 6.61 Å². The zero-order chi connectivity index (χ0) is 19.5.